The summed E-state index contributed by atoms with van der Waals surface area (Å²) >= 11 is 0. The van der Waals surface area contributed by atoms with Crippen molar-refractivity contribution in [2.45, 2.75) is 25.2 Å². The van der Waals surface area contributed by atoms with E-state index in [1.165, 1.54) is 0 Å². The van der Waals surface area contributed by atoms with Crippen molar-refractivity contribution in [1.82, 2.24) is 5.48 Å². The third-order valence-electron chi connectivity index (χ3n) is 1.71. The van der Waals surface area contributed by atoms with Crippen LogP contribution >= 0.6 is 0 Å². The lowest BCUT2D eigenvalue weighted by Gasteiger charge is -2.20. The van der Waals surface area contributed by atoms with Gasteiger partial charge in [0.25, 0.3) is 0 Å². The molecule has 5 N–H and O–H groups in total. The number of hydroxylamine groups is 1. The van der Waals surface area contributed by atoms with E-state index in [1.54, 1.807) is 0 Å². The summed E-state index contributed by atoms with van der Waals surface area (Å²) in [6.07, 6.45) is -3.52. The van der Waals surface area contributed by atoms with Crippen LogP contribution in [0.5, 0.6) is 0 Å². The molecule has 0 saturated carbocycles. The lowest BCUT2D eigenvalue weighted by atomic mass is 10.0. The van der Waals surface area contributed by atoms with E-state index in [0.29, 0.717) is 0 Å². The molecule has 16 heavy (non-hydrogen) atoms. The monoisotopic (exact) mass is 237 g/mol. The first-order valence-electron chi connectivity index (χ1n) is 4.48. The van der Waals surface area contributed by atoms with E-state index >= 15 is 0 Å². The lowest BCUT2D eigenvalue weighted by molar-refractivity contribution is -0.155. The zero-order valence-electron chi connectivity index (χ0n) is 8.66. The summed E-state index contributed by atoms with van der Waals surface area (Å²) in [4.78, 5) is 26.0. The van der Waals surface area contributed by atoms with Gasteiger partial charge in [0.2, 0.25) is 0 Å². The summed E-state index contributed by atoms with van der Waals surface area (Å²) in [6, 6.07) is -1.36. The summed E-state index contributed by atoms with van der Waals surface area (Å²) in [6.45, 7) is -0.467. The minimum atomic E-state index is -1.87. The molecule has 0 fully saturated rings. The molecule has 0 aliphatic rings. The maximum atomic E-state index is 11.4. The Morgan fingerprint density at radius 1 is 1.25 bits per heavy atom. The van der Waals surface area contributed by atoms with Crippen LogP contribution in [0.25, 0.3) is 0 Å². The molecule has 0 unspecified atom stereocenters. The highest BCUT2D eigenvalue weighted by Crippen LogP contribution is 1.99. The van der Waals surface area contributed by atoms with Crippen LogP contribution in [0.15, 0.2) is 0 Å². The number of Topliss-reactive ketones (excluding diaryl/α,β-unsaturated/α-hetero) is 1. The van der Waals surface area contributed by atoms with Crippen molar-refractivity contribution >= 4 is 11.8 Å². The van der Waals surface area contributed by atoms with Crippen molar-refractivity contribution in [3.8, 4) is 0 Å². The number of hydrogen-bond donors (Lipinski definition) is 5. The van der Waals surface area contributed by atoms with Crippen molar-refractivity contribution in [3.05, 3.63) is 0 Å². The first-order chi connectivity index (χ1) is 7.43. The van der Waals surface area contributed by atoms with Crippen molar-refractivity contribution in [2.75, 3.05) is 13.2 Å². The second-order valence-corrected chi connectivity index (χ2v) is 3.04. The molecule has 0 aromatic heterocycles. The molecule has 0 heterocycles. The van der Waals surface area contributed by atoms with Crippen molar-refractivity contribution in [1.29, 1.82) is 0 Å². The van der Waals surface area contributed by atoms with Gasteiger partial charge in [-0.3, -0.25) is 9.59 Å². The topological polar surface area (TPSA) is 136 Å². The Labute approximate surface area is 91.4 Å². The van der Waals surface area contributed by atoms with Gasteiger partial charge in [-0.2, -0.15) is 0 Å². The molecule has 0 aromatic carbocycles. The second kappa shape index (κ2) is 7.25. The van der Waals surface area contributed by atoms with Gasteiger partial charge >= 0.3 is 5.97 Å². The average Bonchev–Trinajstić information content (AvgIpc) is 2.27. The Hall–Kier alpha value is -1.06. The highest BCUT2D eigenvalue weighted by molar-refractivity contribution is 5.88. The number of rotatable bonds is 7. The van der Waals surface area contributed by atoms with Crippen molar-refractivity contribution in [2.24, 2.45) is 0 Å². The van der Waals surface area contributed by atoms with Crippen LogP contribution in [0.3, 0.4) is 0 Å². The minimum absolute atomic E-state index is 0.733. The summed E-state index contributed by atoms with van der Waals surface area (Å²) in [7, 11) is 0. The Morgan fingerprint density at radius 2 is 1.81 bits per heavy atom. The molecular weight excluding hydrogens is 222 g/mol. The van der Waals surface area contributed by atoms with Gasteiger partial charge in [0.1, 0.15) is 18.2 Å². The van der Waals surface area contributed by atoms with E-state index in [4.69, 9.17) is 15.3 Å². The molecule has 0 aliphatic heterocycles. The van der Waals surface area contributed by atoms with Crippen LogP contribution < -0.4 is 5.48 Å². The van der Waals surface area contributed by atoms with Gasteiger partial charge in [-0.15, -0.1) is 5.48 Å². The van der Waals surface area contributed by atoms with Gasteiger partial charge in [0.05, 0.1) is 13.2 Å². The zero-order valence-corrected chi connectivity index (χ0v) is 8.66. The quantitative estimate of drug-likeness (QED) is 0.290. The summed E-state index contributed by atoms with van der Waals surface area (Å²) in [5, 5.41) is 35.5. The lowest BCUT2D eigenvalue weighted by Crippen LogP contribution is -2.50. The number of aliphatic hydroxyl groups is 4. The van der Waals surface area contributed by atoms with Crippen LogP contribution in [0.1, 0.15) is 6.92 Å². The number of ketones is 1. The minimum Gasteiger partial charge on any atom is -0.394 e. The summed E-state index contributed by atoms with van der Waals surface area (Å²) < 4.78 is 0. The first-order valence-corrected chi connectivity index (χ1v) is 4.48. The third kappa shape index (κ3) is 4.64. The number of carbonyl (C=O) groups is 2. The largest absolute Gasteiger partial charge is 0.394 e. The summed E-state index contributed by atoms with van der Waals surface area (Å²) in [5.74, 6) is -1.73. The van der Waals surface area contributed by atoms with E-state index < -0.39 is 43.2 Å². The van der Waals surface area contributed by atoms with Gasteiger partial charge in [0, 0.05) is 6.92 Å². The molecule has 0 radical (unpaired) electrons. The zero-order chi connectivity index (χ0) is 12.7. The van der Waals surface area contributed by atoms with Gasteiger partial charge in [-0.05, 0) is 0 Å². The molecule has 94 valence electrons. The molecule has 8 nitrogen and oxygen atoms in total. The fourth-order valence-corrected chi connectivity index (χ4v) is 0.835. The second-order valence-electron chi connectivity index (χ2n) is 3.04. The molecule has 0 rings (SSSR count). The molecule has 0 bridgehead atoms. The Bertz CT molecular complexity index is 245. The molecule has 0 aromatic rings. The van der Waals surface area contributed by atoms with E-state index in [1.807, 2.05) is 5.48 Å². The Morgan fingerprint density at radius 3 is 2.19 bits per heavy atom. The predicted octanol–water partition coefficient (Wildman–Crippen LogP) is -3.30. The third-order valence-corrected chi connectivity index (χ3v) is 1.71. The maximum Gasteiger partial charge on any atom is 0.321 e. The van der Waals surface area contributed by atoms with Crippen LogP contribution in [0.4, 0.5) is 0 Å². The van der Waals surface area contributed by atoms with E-state index in [-0.39, 0.29) is 0 Å². The molecule has 0 amide bonds. The number of hydrogen-bond acceptors (Lipinski definition) is 8. The van der Waals surface area contributed by atoms with E-state index in [2.05, 4.69) is 4.84 Å². The molecule has 8 heteroatoms. The number of carbonyl (C=O) groups excluding carboxylic acids is 2. The molecule has 0 aliphatic carbocycles. The molecular formula is C8H15NO7. The maximum absolute atomic E-state index is 11.4. The molecule has 0 saturated heterocycles. The SMILES string of the molecule is CC(=O)ON[C@@H](CO)C(=O)[C@@H](O)[C@H](O)CO. The average molecular weight is 237 g/mol. The first kappa shape index (κ1) is 14.9. The molecule has 3 atom stereocenters. The normalized spacial score (nSPS) is 16.3. The predicted molar refractivity (Wildman–Crippen MR) is 49.9 cm³/mol. The Balaban J connectivity index is 4.34. The van der Waals surface area contributed by atoms with E-state index in [0.717, 1.165) is 6.92 Å². The van der Waals surface area contributed by atoms with Gasteiger partial charge in [-0.25, -0.2) is 0 Å². The van der Waals surface area contributed by atoms with Gasteiger partial charge in [0.15, 0.2) is 5.78 Å². The van der Waals surface area contributed by atoms with Gasteiger partial charge < -0.3 is 25.3 Å². The van der Waals surface area contributed by atoms with Crippen LogP contribution in [0, 0.1) is 0 Å². The van der Waals surface area contributed by atoms with Crippen molar-refractivity contribution < 1.29 is 34.9 Å². The van der Waals surface area contributed by atoms with Crippen LogP contribution in [-0.4, -0.2) is 63.6 Å². The fourth-order valence-electron chi connectivity index (χ4n) is 0.835. The number of nitrogens with one attached hydrogen (secondary N) is 1. The summed E-state index contributed by atoms with van der Waals surface area (Å²) in [5.41, 5.74) is 1.93. The molecule has 0 spiro atoms. The highest BCUT2D eigenvalue weighted by atomic mass is 16.7. The van der Waals surface area contributed by atoms with Crippen LogP contribution in [-0.2, 0) is 14.4 Å². The standard InChI is InChI=1S/C8H15NO7/c1-4(12)16-9-5(2-10)7(14)8(15)6(13)3-11/h5-6,8-11,13,15H,2-3H2,1H3/t5-,6+,8-/m0/s1. The van der Waals surface area contributed by atoms with Gasteiger partial charge in [-0.1, -0.05) is 0 Å². The fraction of sp³-hybridized carbons (Fsp3) is 0.750. The smallest absolute Gasteiger partial charge is 0.321 e. The van der Waals surface area contributed by atoms with Crippen LogP contribution in [0.2, 0.25) is 0 Å². The number of aliphatic hydroxyl groups excluding tert-OH is 4. The highest BCUT2D eigenvalue weighted by Gasteiger charge is 2.30. The van der Waals surface area contributed by atoms with E-state index in [9.17, 15) is 14.7 Å². The Kier molecular flexibility index (Phi) is 6.77. The van der Waals surface area contributed by atoms with Crippen molar-refractivity contribution in [3.63, 3.8) is 0 Å².